The van der Waals surface area contributed by atoms with Crippen LogP contribution < -0.4 is 0 Å². The lowest BCUT2D eigenvalue weighted by Gasteiger charge is -2.19. The van der Waals surface area contributed by atoms with Crippen LogP contribution in [0.25, 0.3) is 0 Å². The van der Waals surface area contributed by atoms with Gasteiger partial charge in [-0.05, 0) is 37.0 Å². The summed E-state index contributed by atoms with van der Waals surface area (Å²) in [5.41, 5.74) is 1.12. The van der Waals surface area contributed by atoms with E-state index in [9.17, 15) is 9.18 Å². The molecule has 0 radical (unpaired) electrons. The number of benzene rings is 1. The van der Waals surface area contributed by atoms with E-state index in [1.807, 2.05) is 6.92 Å². The lowest BCUT2D eigenvalue weighted by molar-refractivity contribution is -0.143. The molecule has 0 aromatic heterocycles. The van der Waals surface area contributed by atoms with Crippen LogP contribution in [0.3, 0.4) is 0 Å². The Morgan fingerprint density at radius 2 is 2.15 bits per heavy atom. The zero-order valence-electron chi connectivity index (χ0n) is 11.9. The fraction of sp³-hybridized carbons (Fsp3) is 0.533. The van der Waals surface area contributed by atoms with Gasteiger partial charge in [-0.1, -0.05) is 19.1 Å². The number of ether oxygens (including phenoxy) is 2. The van der Waals surface area contributed by atoms with Crippen molar-refractivity contribution in [3.63, 3.8) is 0 Å². The van der Waals surface area contributed by atoms with Gasteiger partial charge in [0.05, 0.1) is 12.7 Å². The number of hydrogen-bond donors (Lipinski definition) is 1. The molecule has 0 heterocycles. The summed E-state index contributed by atoms with van der Waals surface area (Å²) in [4.78, 5) is 11.4. The molecule has 1 aromatic carbocycles. The van der Waals surface area contributed by atoms with Gasteiger partial charge in [0.1, 0.15) is 12.6 Å². The van der Waals surface area contributed by atoms with E-state index in [4.69, 9.17) is 14.6 Å². The molecule has 0 bridgehead atoms. The molecule has 4 nitrogen and oxygen atoms in total. The maximum Gasteiger partial charge on any atom is 0.306 e. The minimum Gasteiger partial charge on any atom is -0.466 e. The van der Waals surface area contributed by atoms with Crippen molar-refractivity contribution in [2.45, 2.75) is 39.2 Å². The zero-order chi connectivity index (χ0) is 15.0. The number of halogens is 1. The fourth-order valence-electron chi connectivity index (χ4n) is 2.12. The summed E-state index contributed by atoms with van der Waals surface area (Å²) >= 11 is 0. The predicted octanol–water partition coefficient (Wildman–Crippen LogP) is 2.74. The van der Waals surface area contributed by atoms with Crippen LogP contribution in [0.2, 0.25) is 0 Å². The first kappa shape index (κ1) is 16.6. The highest BCUT2D eigenvalue weighted by Gasteiger charge is 2.18. The molecule has 0 saturated heterocycles. The Kier molecular flexibility index (Phi) is 7.18. The minimum absolute atomic E-state index is 0.122. The topological polar surface area (TPSA) is 55.8 Å². The van der Waals surface area contributed by atoms with E-state index < -0.39 is 6.79 Å². The first-order valence-corrected chi connectivity index (χ1v) is 6.79. The molecule has 5 heteroatoms. The molecule has 0 spiro atoms. The number of rotatable bonds is 8. The van der Waals surface area contributed by atoms with Crippen LogP contribution in [-0.4, -0.2) is 24.5 Å². The molecule has 0 unspecified atom stereocenters. The zero-order valence-corrected chi connectivity index (χ0v) is 11.9. The van der Waals surface area contributed by atoms with E-state index in [1.165, 1.54) is 6.07 Å². The van der Waals surface area contributed by atoms with Gasteiger partial charge >= 0.3 is 5.97 Å². The van der Waals surface area contributed by atoms with Gasteiger partial charge in [-0.2, -0.15) is 0 Å². The monoisotopic (exact) mass is 284 g/mol. The van der Waals surface area contributed by atoms with Crippen LogP contribution in [0.4, 0.5) is 4.39 Å². The number of esters is 1. The van der Waals surface area contributed by atoms with E-state index in [-0.39, 0.29) is 30.7 Å². The van der Waals surface area contributed by atoms with E-state index in [0.29, 0.717) is 24.2 Å². The average Bonchev–Trinajstić information content (AvgIpc) is 2.43. The molecule has 0 aliphatic rings. The Balaban J connectivity index is 2.90. The smallest absolute Gasteiger partial charge is 0.306 e. The van der Waals surface area contributed by atoms with Crippen LogP contribution in [-0.2, 0) is 20.7 Å². The van der Waals surface area contributed by atoms with Crippen molar-refractivity contribution < 1.29 is 23.8 Å². The molecule has 1 atom stereocenters. The molecule has 0 saturated carbocycles. The van der Waals surface area contributed by atoms with Crippen LogP contribution in [0.15, 0.2) is 18.2 Å². The molecule has 1 N–H and O–H groups in total. The molecule has 0 amide bonds. The van der Waals surface area contributed by atoms with Gasteiger partial charge in [0, 0.05) is 6.42 Å². The third-order valence-corrected chi connectivity index (χ3v) is 3.03. The molecule has 0 aliphatic heterocycles. The van der Waals surface area contributed by atoms with Crippen molar-refractivity contribution in [3.8, 4) is 0 Å². The highest BCUT2D eigenvalue weighted by atomic mass is 19.1. The molecule has 20 heavy (non-hydrogen) atoms. The third-order valence-electron chi connectivity index (χ3n) is 3.03. The molecule has 0 fully saturated rings. The van der Waals surface area contributed by atoms with Gasteiger partial charge in [-0.15, -0.1) is 0 Å². The van der Waals surface area contributed by atoms with Crippen molar-refractivity contribution in [1.29, 1.82) is 0 Å². The lowest BCUT2D eigenvalue weighted by Crippen LogP contribution is -2.11. The average molecular weight is 284 g/mol. The summed E-state index contributed by atoms with van der Waals surface area (Å²) in [6.07, 6.45) is 0.604. The lowest BCUT2D eigenvalue weighted by atomic mass is 9.96. The summed E-state index contributed by atoms with van der Waals surface area (Å²) in [7, 11) is 0. The first-order chi connectivity index (χ1) is 9.63. The maximum absolute atomic E-state index is 14.0. The van der Waals surface area contributed by atoms with Gasteiger partial charge < -0.3 is 14.6 Å². The Labute approximate surface area is 118 Å². The second kappa shape index (κ2) is 8.66. The summed E-state index contributed by atoms with van der Waals surface area (Å²) in [5.74, 6) is -0.718. The number of hydrogen-bond acceptors (Lipinski definition) is 4. The highest BCUT2D eigenvalue weighted by molar-refractivity contribution is 5.69. The van der Waals surface area contributed by atoms with Gasteiger partial charge in [-0.25, -0.2) is 4.39 Å². The standard InChI is InChI=1S/C15H21FO4/c1-3-14(20-10-17)12-6-5-7-13(16)11(12)8-9-15(18)19-4-2/h5-7,14,17H,3-4,8-10H2,1-2H3/t14-/m1/s1. The molecular weight excluding hydrogens is 263 g/mol. The third kappa shape index (κ3) is 4.58. The van der Waals surface area contributed by atoms with Gasteiger partial charge in [0.2, 0.25) is 0 Å². The molecule has 1 rings (SSSR count). The number of carbonyl (C=O) groups is 1. The minimum atomic E-state index is -0.424. The SMILES string of the molecule is CCOC(=O)CCc1c(F)cccc1[C@@H](CC)OCO. The van der Waals surface area contributed by atoms with E-state index in [2.05, 4.69) is 0 Å². The van der Waals surface area contributed by atoms with Crippen LogP contribution in [0.1, 0.15) is 43.9 Å². The summed E-state index contributed by atoms with van der Waals surface area (Å²) in [6, 6.07) is 4.71. The molecular formula is C15H21FO4. The van der Waals surface area contributed by atoms with E-state index in [0.717, 1.165) is 0 Å². The largest absolute Gasteiger partial charge is 0.466 e. The Hall–Kier alpha value is -1.46. The summed E-state index contributed by atoms with van der Waals surface area (Å²) < 4.78 is 24.0. The normalized spacial score (nSPS) is 12.2. The number of aliphatic hydroxyl groups is 1. The van der Waals surface area contributed by atoms with Crippen molar-refractivity contribution in [2.75, 3.05) is 13.4 Å². The van der Waals surface area contributed by atoms with E-state index >= 15 is 0 Å². The summed E-state index contributed by atoms with van der Waals surface area (Å²) in [5, 5.41) is 8.89. The van der Waals surface area contributed by atoms with Gasteiger partial charge in [0.25, 0.3) is 0 Å². The van der Waals surface area contributed by atoms with Crippen LogP contribution in [0.5, 0.6) is 0 Å². The Bertz CT molecular complexity index is 434. The maximum atomic E-state index is 14.0. The fourth-order valence-corrected chi connectivity index (χ4v) is 2.12. The van der Waals surface area contributed by atoms with Crippen LogP contribution in [0, 0.1) is 5.82 Å². The first-order valence-electron chi connectivity index (χ1n) is 6.79. The second-order valence-electron chi connectivity index (χ2n) is 4.31. The van der Waals surface area contributed by atoms with Crippen molar-refractivity contribution >= 4 is 5.97 Å². The Morgan fingerprint density at radius 1 is 1.40 bits per heavy atom. The van der Waals surface area contributed by atoms with E-state index in [1.54, 1.807) is 19.1 Å². The van der Waals surface area contributed by atoms with Crippen molar-refractivity contribution in [3.05, 3.63) is 35.1 Å². The van der Waals surface area contributed by atoms with Gasteiger partial charge in [0.15, 0.2) is 0 Å². The second-order valence-corrected chi connectivity index (χ2v) is 4.31. The molecule has 112 valence electrons. The highest BCUT2D eigenvalue weighted by Crippen LogP contribution is 2.27. The summed E-state index contributed by atoms with van der Waals surface area (Å²) in [6.45, 7) is 3.51. The molecule has 1 aromatic rings. The number of aliphatic hydroxyl groups excluding tert-OH is 1. The quantitative estimate of drug-likeness (QED) is 0.589. The van der Waals surface area contributed by atoms with Crippen LogP contribution >= 0.6 is 0 Å². The predicted molar refractivity (Wildman–Crippen MR) is 72.6 cm³/mol. The Morgan fingerprint density at radius 3 is 2.75 bits per heavy atom. The van der Waals surface area contributed by atoms with Crippen molar-refractivity contribution in [1.82, 2.24) is 0 Å². The van der Waals surface area contributed by atoms with Gasteiger partial charge in [-0.3, -0.25) is 4.79 Å². The van der Waals surface area contributed by atoms with Crippen molar-refractivity contribution in [2.24, 2.45) is 0 Å². The number of carbonyl (C=O) groups excluding carboxylic acids is 1. The molecule has 0 aliphatic carbocycles.